The van der Waals surface area contributed by atoms with E-state index >= 15 is 0 Å². The van der Waals surface area contributed by atoms with Crippen LogP contribution in [0.2, 0.25) is 5.02 Å². The first-order chi connectivity index (χ1) is 15.9. The van der Waals surface area contributed by atoms with Crippen molar-refractivity contribution in [3.8, 4) is 0 Å². The van der Waals surface area contributed by atoms with Gasteiger partial charge in [-0.3, -0.25) is 9.59 Å². The lowest BCUT2D eigenvalue weighted by molar-refractivity contribution is 0.0935. The molecule has 6 heteroatoms. The van der Waals surface area contributed by atoms with Gasteiger partial charge < -0.3 is 14.6 Å². The van der Waals surface area contributed by atoms with Crippen molar-refractivity contribution in [2.75, 3.05) is 13.7 Å². The molecule has 0 radical (unpaired) electrons. The van der Waals surface area contributed by atoms with Crippen molar-refractivity contribution in [2.45, 2.75) is 45.8 Å². The molecule has 5 rings (SSSR count). The van der Waals surface area contributed by atoms with Gasteiger partial charge in [-0.15, -0.1) is 0 Å². The molecule has 2 fully saturated rings. The van der Waals surface area contributed by atoms with E-state index in [1.165, 1.54) is 12.8 Å². The van der Waals surface area contributed by atoms with E-state index in [9.17, 15) is 9.59 Å². The number of hydrogen-bond donors (Lipinski definition) is 1. The maximum absolute atomic E-state index is 13.3. The fourth-order valence-electron chi connectivity index (χ4n) is 6.27. The van der Waals surface area contributed by atoms with E-state index < -0.39 is 0 Å². The van der Waals surface area contributed by atoms with Gasteiger partial charge in [-0.1, -0.05) is 35.9 Å². The number of carbonyl (C=O) groups excluding carboxylic acids is 1. The highest BCUT2D eigenvalue weighted by Crippen LogP contribution is 2.69. The molecule has 1 N–H and O–H groups in total. The molecular formula is C27H31ClN2O3. The molecule has 5 nitrogen and oxygen atoms in total. The summed E-state index contributed by atoms with van der Waals surface area (Å²) in [6.07, 6.45) is 9.25. The van der Waals surface area contributed by atoms with E-state index in [2.05, 4.69) is 17.5 Å². The SMILES string of the molecule is COCc1c(C(=O)NC[C@H]2C[C@H]3C=C[C@@H]2C32CC2)c(=O)cc(C)n1CCc1cccc(Cl)c1. The van der Waals surface area contributed by atoms with Gasteiger partial charge in [-0.05, 0) is 73.5 Å². The molecule has 1 spiro atoms. The quantitative estimate of drug-likeness (QED) is 0.581. The van der Waals surface area contributed by atoms with Crippen molar-refractivity contribution < 1.29 is 9.53 Å². The molecule has 2 aromatic rings. The molecule has 2 saturated carbocycles. The summed E-state index contributed by atoms with van der Waals surface area (Å²) in [4.78, 5) is 26.2. The number of carbonyl (C=O) groups is 1. The first kappa shape index (κ1) is 22.4. The first-order valence-electron chi connectivity index (χ1n) is 11.9. The molecular weight excluding hydrogens is 436 g/mol. The number of hydrogen-bond acceptors (Lipinski definition) is 3. The van der Waals surface area contributed by atoms with Gasteiger partial charge in [0.1, 0.15) is 5.56 Å². The van der Waals surface area contributed by atoms with Crippen molar-refractivity contribution in [1.29, 1.82) is 0 Å². The van der Waals surface area contributed by atoms with Gasteiger partial charge in [-0.25, -0.2) is 0 Å². The molecule has 0 saturated heterocycles. The summed E-state index contributed by atoms with van der Waals surface area (Å²) in [6.45, 7) is 3.35. The van der Waals surface area contributed by atoms with Crippen LogP contribution in [0.5, 0.6) is 0 Å². The van der Waals surface area contributed by atoms with Crippen LogP contribution in [0.25, 0.3) is 0 Å². The number of pyridine rings is 1. The third-order valence-corrected chi connectivity index (χ3v) is 8.25. The number of aryl methyl sites for hydroxylation is 2. The lowest BCUT2D eigenvalue weighted by Gasteiger charge is -2.22. The average molecular weight is 467 g/mol. The second kappa shape index (κ2) is 8.77. The number of rotatable bonds is 8. The smallest absolute Gasteiger partial charge is 0.257 e. The number of nitrogens with zero attached hydrogens (tertiary/aromatic N) is 1. The minimum absolute atomic E-state index is 0.202. The van der Waals surface area contributed by atoms with E-state index in [4.69, 9.17) is 16.3 Å². The Hall–Kier alpha value is -2.37. The largest absolute Gasteiger partial charge is 0.378 e. The van der Waals surface area contributed by atoms with E-state index in [-0.39, 0.29) is 23.5 Å². The number of nitrogens with one attached hydrogen (secondary N) is 1. The summed E-state index contributed by atoms with van der Waals surface area (Å²) in [5.41, 5.74) is 3.00. The fourth-order valence-corrected chi connectivity index (χ4v) is 6.49. The topological polar surface area (TPSA) is 60.3 Å². The highest BCUT2D eigenvalue weighted by Gasteiger charge is 2.62. The molecule has 1 aromatic heterocycles. The van der Waals surface area contributed by atoms with Crippen LogP contribution >= 0.6 is 11.6 Å². The van der Waals surface area contributed by atoms with Crippen LogP contribution in [0.4, 0.5) is 0 Å². The Labute approximate surface area is 199 Å². The number of methoxy groups -OCH3 is 1. The maximum Gasteiger partial charge on any atom is 0.257 e. The molecule has 1 amide bonds. The third kappa shape index (κ3) is 4.06. The van der Waals surface area contributed by atoms with Crippen LogP contribution < -0.4 is 10.7 Å². The minimum Gasteiger partial charge on any atom is -0.378 e. The van der Waals surface area contributed by atoms with Crippen molar-refractivity contribution in [2.24, 2.45) is 23.2 Å². The maximum atomic E-state index is 13.3. The van der Waals surface area contributed by atoms with Gasteiger partial charge in [0.05, 0.1) is 12.3 Å². The summed E-state index contributed by atoms with van der Waals surface area (Å²) < 4.78 is 7.45. The molecule has 0 unspecified atom stereocenters. The zero-order valence-corrected chi connectivity index (χ0v) is 20.0. The van der Waals surface area contributed by atoms with Gasteiger partial charge in [0, 0.05) is 37.0 Å². The van der Waals surface area contributed by atoms with Gasteiger partial charge >= 0.3 is 0 Å². The summed E-state index contributed by atoms with van der Waals surface area (Å²) >= 11 is 6.13. The molecule has 1 heterocycles. The van der Waals surface area contributed by atoms with Gasteiger partial charge in [0.25, 0.3) is 5.91 Å². The third-order valence-electron chi connectivity index (χ3n) is 8.02. The van der Waals surface area contributed by atoms with Gasteiger partial charge in [0.2, 0.25) is 0 Å². The predicted molar refractivity (Wildman–Crippen MR) is 130 cm³/mol. The molecule has 2 bridgehead atoms. The summed E-state index contributed by atoms with van der Waals surface area (Å²) in [5.74, 6) is 1.43. The van der Waals surface area contributed by atoms with E-state index in [1.54, 1.807) is 13.2 Å². The standard InChI is InChI=1S/C27H31ClN2O3/c1-17-12-24(31)25(23(16-33-2)30(17)11-8-18-4-3-5-21(28)13-18)26(32)29-15-19-14-20-6-7-22(19)27(20)9-10-27/h3-7,12-13,19-20,22H,8-11,14-16H2,1-2H3,(H,29,32)/t19-,20-,22+/m1/s1. The van der Waals surface area contributed by atoms with E-state index in [1.807, 2.05) is 35.8 Å². The molecule has 33 heavy (non-hydrogen) atoms. The lowest BCUT2D eigenvalue weighted by atomic mass is 9.89. The molecule has 3 aliphatic carbocycles. The number of benzene rings is 1. The van der Waals surface area contributed by atoms with Crippen molar-refractivity contribution in [3.05, 3.63) is 80.2 Å². The fraction of sp³-hybridized carbons (Fsp3) is 0.481. The predicted octanol–water partition coefficient (Wildman–Crippen LogP) is 4.53. The summed E-state index contributed by atoms with van der Waals surface area (Å²) in [6, 6.07) is 9.32. The normalized spacial score (nSPS) is 23.9. The number of aromatic nitrogens is 1. The Morgan fingerprint density at radius 1 is 1.27 bits per heavy atom. The Morgan fingerprint density at radius 3 is 2.79 bits per heavy atom. The second-order valence-electron chi connectivity index (χ2n) is 9.89. The minimum atomic E-state index is -0.292. The monoisotopic (exact) mass is 466 g/mol. The Kier molecular flexibility index (Phi) is 5.96. The van der Waals surface area contributed by atoms with Crippen LogP contribution in [0.1, 0.15) is 46.6 Å². The molecule has 3 atom stereocenters. The zero-order chi connectivity index (χ0) is 23.2. The first-order valence-corrected chi connectivity index (χ1v) is 12.2. The zero-order valence-electron chi connectivity index (χ0n) is 19.3. The Bertz CT molecular complexity index is 1160. The highest BCUT2D eigenvalue weighted by atomic mass is 35.5. The lowest BCUT2D eigenvalue weighted by Crippen LogP contribution is -2.36. The number of amides is 1. The highest BCUT2D eigenvalue weighted by molar-refractivity contribution is 6.30. The van der Waals surface area contributed by atoms with Gasteiger partial charge in [0.15, 0.2) is 5.43 Å². The number of allylic oxidation sites excluding steroid dienone is 2. The van der Waals surface area contributed by atoms with Crippen LogP contribution in [0.15, 0.2) is 47.3 Å². The number of halogens is 1. The van der Waals surface area contributed by atoms with E-state index in [0.29, 0.717) is 47.0 Å². The van der Waals surface area contributed by atoms with Crippen molar-refractivity contribution >= 4 is 17.5 Å². The second-order valence-corrected chi connectivity index (χ2v) is 10.3. The van der Waals surface area contributed by atoms with Gasteiger partial charge in [-0.2, -0.15) is 0 Å². The summed E-state index contributed by atoms with van der Waals surface area (Å²) in [7, 11) is 1.59. The molecule has 174 valence electrons. The average Bonchev–Trinajstić information content (AvgIpc) is 3.45. The molecule has 1 aromatic carbocycles. The van der Waals surface area contributed by atoms with Crippen LogP contribution in [0.3, 0.4) is 0 Å². The van der Waals surface area contributed by atoms with Crippen molar-refractivity contribution in [3.63, 3.8) is 0 Å². The number of ether oxygens (including phenoxy) is 1. The Morgan fingerprint density at radius 2 is 2.09 bits per heavy atom. The Balaban J connectivity index is 1.35. The van der Waals surface area contributed by atoms with Crippen LogP contribution in [-0.2, 0) is 24.3 Å². The van der Waals surface area contributed by atoms with E-state index in [0.717, 1.165) is 24.1 Å². The molecule has 3 aliphatic rings. The summed E-state index contributed by atoms with van der Waals surface area (Å²) in [5, 5.41) is 3.80. The van der Waals surface area contributed by atoms with Crippen LogP contribution in [0, 0.1) is 30.1 Å². The van der Waals surface area contributed by atoms with Crippen LogP contribution in [-0.4, -0.2) is 24.1 Å². The molecule has 0 aliphatic heterocycles. The van der Waals surface area contributed by atoms with Crippen molar-refractivity contribution in [1.82, 2.24) is 9.88 Å².